The molecule has 0 radical (unpaired) electrons. The molecule has 3 nitrogen and oxygen atoms in total. The first-order valence-electron chi connectivity index (χ1n) is 4.78. The number of hydrogen-bond donors (Lipinski definition) is 0. The van der Waals surface area contributed by atoms with Crippen molar-refractivity contribution in [3.63, 3.8) is 0 Å². The second kappa shape index (κ2) is 5.44. The van der Waals surface area contributed by atoms with E-state index in [1.54, 1.807) is 6.92 Å². The molecule has 1 aromatic rings. The first-order valence-corrected chi connectivity index (χ1v) is 4.78. The van der Waals surface area contributed by atoms with Crippen LogP contribution in [-0.2, 0) is 9.53 Å². The number of halogens is 2. The maximum atomic E-state index is 13.1. The Morgan fingerprint density at radius 1 is 1.50 bits per heavy atom. The average Bonchev–Trinajstić information content (AvgIpc) is 2.23. The summed E-state index contributed by atoms with van der Waals surface area (Å²) in [7, 11) is 0. The number of carbonyl (C=O) groups is 1. The molecule has 0 heterocycles. The molecular weight excluding hydrogens is 218 g/mol. The van der Waals surface area contributed by atoms with Crippen molar-refractivity contribution < 1.29 is 23.0 Å². The van der Waals surface area contributed by atoms with Gasteiger partial charge in [-0.05, 0) is 31.5 Å². The van der Waals surface area contributed by atoms with Gasteiger partial charge in [0, 0.05) is 0 Å². The van der Waals surface area contributed by atoms with E-state index in [0.29, 0.717) is 5.56 Å². The van der Waals surface area contributed by atoms with Crippen molar-refractivity contribution in [2.45, 2.75) is 20.2 Å². The fourth-order valence-electron chi connectivity index (χ4n) is 1.07. The van der Waals surface area contributed by atoms with Crippen LogP contribution in [0.3, 0.4) is 0 Å². The minimum atomic E-state index is -2.31. The Kier molecular flexibility index (Phi) is 4.22. The molecule has 0 bridgehead atoms. The summed E-state index contributed by atoms with van der Waals surface area (Å²) in [6.07, 6.45) is -2.31. The lowest BCUT2D eigenvalue weighted by Crippen LogP contribution is -2.25. The first kappa shape index (κ1) is 12.4. The van der Waals surface area contributed by atoms with E-state index in [1.165, 1.54) is 19.1 Å². The van der Waals surface area contributed by atoms with Crippen LogP contribution in [0.15, 0.2) is 18.2 Å². The van der Waals surface area contributed by atoms with Crippen LogP contribution in [0.5, 0.6) is 5.75 Å². The van der Waals surface area contributed by atoms with Gasteiger partial charge in [-0.1, -0.05) is 6.07 Å². The maximum Gasteiger partial charge on any atom is 0.381 e. The highest BCUT2D eigenvalue weighted by Crippen LogP contribution is 2.20. The number of aryl methyl sites for hydroxylation is 1. The van der Waals surface area contributed by atoms with Gasteiger partial charge < -0.3 is 9.47 Å². The third-order valence-electron chi connectivity index (χ3n) is 1.79. The third kappa shape index (κ3) is 3.18. The summed E-state index contributed by atoms with van der Waals surface area (Å²) in [5, 5.41) is 0. The summed E-state index contributed by atoms with van der Waals surface area (Å²) in [6, 6.07) is 3.96. The van der Waals surface area contributed by atoms with E-state index in [1.807, 2.05) is 0 Å². The van der Waals surface area contributed by atoms with E-state index in [2.05, 4.69) is 9.47 Å². The van der Waals surface area contributed by atoms with Crippen molar-refractivity contribution in [2.75, 3.05) is 6.61 Å². The van der Waals surface area contributed by atoms with Crippen LogP contribution >= 0.6 is 0 Å². The van der Waals surface area contributed by atoms with E-state index < -0.39 is 18.1 Å². The number of ether oxygens (including phenoxy) is 2. The monoisotopic (exact) mass is 230 g/mol. The molecule has 0 spiro atoms. The fourth-order valence-corrected chi connectivity index (χ4v) is 1.07. The smallest absolute Gasteiger partial charge is 0.381 e. The predicted molar refractivity (Wildman–Crippen MR) is 53.3 cm³/mol. The molecule has 5 heteroatoms. The maximum absolute atomic E-state index is 13.1. The molecule has 0 saturated carbocycles. The Hall–Kier alpha value is -1.65. The summed E-state index contributed by atoms with van der Waals surface area (Å²) >= 11 is 0. The molecule has 0 aromatic heterocycles. The Morgan fingerprint density at radius 2 is 2.19 bits per heavy atom. The average molecular weight is 230 g/mol. The van der Waals surface area contributed by atoms with E-state index in [0.717, 1.165) is 6.07 Å². The molecule has 0 N–H and O–H groups in total. The minimum absolute atomic E-state index is 0.0406. The molecule has 0 aliphatic heterocycles. The first-order chi connectivity index (χ1) is 7.54. The van der Waals surface area contributed by atoms with Crippen LogP contribution < -0.4 is 4.74 Å². The lowest BCUT2D eigenvalue weighted by atomic mass is 10.2. The largest absolute Gasteiger partial charge is 0.461 e. The molecule has 1 aromatic carbocycles. The predicted octanol–water partition coefficient (Wildman–Crippen LogP) is 2.37. The summed E-state index contributed by atoms with van der Waals surface area (Å²) in [5.74, 6) is -2.19. The lowest BCUT2D eigenvalue weighted by molar-refractivity contribution is -0.160. The van der Waals surface area contributed by atoms with Crippen molar-refractivity contribution in [3.05, 3.63) is 29.6 Å². The molecular formula is C11H12F2O3. The summed E-state index contributed by atoms with van der Waals surface area (Å²) < 4.78 is 35.2. The topological polar surface area (TPSA) is 35.5 Å². The van der Waals surface area contributed by atoms with E-state index in [-0.39, 0.29) is 12.4 Å². The van der Waals surface area contributed by atoms with Crippen molar-refractivity contribution in [1.82, 2.24) is 0 Å². The van der Waals surface area contributed by atoms with E-state index >= 15 is 0 Å². The second-order valence-corrected chi connectivity index (χ2v) is 3.12. The number of alkyl halides is 1. The summed E-state index contributed by atoms with van der Waals surface area (Å²) in [4.78, 5) is 10.9. The Labute approximate surface area is 92.0 Å². The molecule has 0 aliphatic rings. The molecule has 1 atom stereocenters. The quantitative estimate of drug-likeness (QED) is 0.745. The Bertz CT molecular complexity index is 379. The van der Waals surface area contributed by atoms with E-state index in [4.69, 9.17) is 0 Å². The number of carbonyl (C=O) groups excluding carboxylic acids is 1. The molecule has 0 amide bonds. The highest BCUT2D eigenvalue weighted by molar-refractivity contribution is 5.73. The SMILES string of the molecule is CCOC(=O)C(F)Oc1cc(C)ccc1F. The van der Waals surface area contributed by atoms with Crippen LogP contribution in [0.2, 0.25) is 0 Å². The Morgan fingerprint density at radius 3 is 2.81 bits per heavy atom. The van der Waals surface area contributed by atoms with Gasteiger partial charge in [0.15, 0.2) is 11.6 Å². The molecule has 88 valence electrons. The van der Waals surface area contributed by atoms with Crippen LogP contribution in [-0.4, -0.2) is 18.9 Å². The van der Waals surface area contributed by atoms with Gasteiger partial charge >= 0.3 is 12.3 Å². The van der Waals surface area contributed by atoms with Crippen molar-refractivity contribution in [1.29, 1.82) is 0 Å². The number of rotatable bonds is 4. The van der Waals surface area contributed by atoms with E-state index in [9.17, 15) is 13.6 Å². The van der Waals surface area contributed by atoms with Gasteiger partial charge in [0.1, 0.15) is 0 Å². The van der Waals surface area contributed by atoms with Gasteiger partial charge in [0.25, 0.3) is 0 Å². The Balaban J connectivity index is 2.72. The highest BCUT2D eigenvalue weighted by Gasteiger charge is 2.21. The van der Waals surface area contributed by atoms with Gasteiger partial charge in [-0.2, -0.15) is 4.39 Å². The molecule has 1 rings (SSSR count). The van der Waals surface area contributed by atoms with Crippen LogP contribution in [0.1, 0.15) is 12.5 Å². The number of benzene rings is 1. The second-order valence-electron chi connectivity index (χ2n) is 3.12. The molecule has 16 heavy (non-hydrogen) atoms. The van der Waals surface area contributed by atoms with Gasteiger partial charge in [0.05, 0.1) is 6.61 Å². The van der Waals surface area contributed by atoms with Gasteiger partial charge in [0.2, 0.25) is 0 Å². The lowest BCUT2D eigenvalue weighted by Gasteiger charge is -2.11. The highest BCUT2D eigenvalue weighted by atomic mass is 19.1. The standard InChI is InChI=1S/C11H12F2O3/c1-3-15-11(14)10(13)16-9-6-7(2)4-5-8(9)12/h4-6,10H,3H2,1-2H3. The van der Waals surface area contributed by atoms with Crippen molar-refractivity contribution in [3.8, 4) is 5.75 Å². The third-order valence-corrected chi connectivity index (χ3v) is 1.79. The molecule has 0 fully saturated rings. The van der Waals surface area contributed by atoms with Gasteiger partial charge in [-0.15, -0.1) is 0 Å². The molecule has 1 unspecified atom stereocenters. The fraction of sp³-hybridized carbons (Fsp3) is 0.364. The number of hydrogen-bond acceptors (Lipinski definition) is 3. The van der Waals surface area contributed by atoms with Gasteiger partial charge in [-0.25, -0.2) is 9.18 Å². The summed E-state index contributed by atoms with van der Waals surface area (Å²) in [6.45, 7) is 3.28. The van der Waals surface area contributed by atoms with Crippen molar-refractivity contribution >= 4 is 5.97 Å². The van der Waals surface area contributed by atoms with Crippen LogP contribution in [0.4, 0.5) is 8.78 Å². The van der Waals surface area contributed by atoms with Crippen LogP contribution in [0, 0.1) is 12.7 Å². The zero-order chi connectivity index (χ0) is 12.1. The zero-order valence-electron chi connectivity index (χ0n) is 9.00. The normalized spacial score (nSPS) is 12.0. The van der Waals surface area contributed by atoms with Gasteiger partial charge in [-0.3, -0.25) is 0 Å². The minimum Gasteiger partial charge on any atom is -0.461 e. The molecule has 0 aliphatic carbocycles. The number of esters is 1. The summed E-state index contributed by atoms with van der Waals surface area (Å²) in [5.41, 5.74) is 0.701. The van der Waals surface area contributed by atoms with Crippen LogP contribution in [0.25, 0.3) is 0 Å². The molecule has 0 saturated heterocycles. The zero-order valence-corrected chi connectivity index (χ0v) is 9.00. The van der Waals surface area contributed by atoms with Crippen molar-refractivity contribution in [2.24, 2.45) is 0 Å².